The second kappa shape index (κ2) is 3.89. The van der Waals surface area contributed by atoms with Crippen LogP contribution in [0.5, 0.6) is 0 Å². The van der Waals surface area contributed by atoms with Crippen LogP contribution in [0.25, 0.3) is 0 Å². The summed E-state index contributed by atoms with van der Waals surface area (Å²) in [5.41, 5.74) is 6.13. The van der Waals surface area contributed by atoms with Crippen LogP contribution in [0.3, 0.4) is 0 Å². The number of hydrogen-bond donors (Lipinski definition) is 2. The highest BCUT2D eigenvalue weighted by Gasteiger charge is 1.87. The highest BCUT2D eigenvalue weighted by molar-refractivity contribution is 7.80. The van der Waals surface area contributed by atoms with Crippen molar-refractivity contribution in [3.8, 4) is 11.8 Å². The maximum absolute atomic E-state index is 5.43. The summed E-state index contributed by atoms with van der Waals surface area (Å²) in [6.45, 7) is 0. The number of hydrogen-bond acceptors (Lipinski definition) is 3. The van der Waals surface area contributed by atoms with Gasteiger partial charge in [0.15, 0.2) is 0 Å². The number of pyridine rings is 1. The molecule has 0 unspecified atom stereocenters. The Labute approximate surface area is 71.2 Å². The minimum Gasteiger partial charge on any atom is -0.384 e. The summed E-state index contributed by atoms with van der Waals surface area (Å²) >= 11 is 3.94. The number of thiol groups is 1. The van der Waals surface area contributed by atoms with Crippen molar-refractivity contribution in [3.05, 3.63) is 23.9 Å². The van der Waals surface area contributed by atoms with Crippen molar-refractivity contribution >= 4 is 18.4 Å². The average molecular weight is 164 g/mol. The predicted octanol–water partition coefficient (Wildman–Crippen LogP) is 0.945. The topological polar surface area (TPSA) is 38.9 Å². The van der Waals surface area contributed by atoms with E-state index >= 15 is 0 Å². The highest BCUT2D eigenvalue weighted by Crippen LogP contribution is 1.97. The van der Waals surface area contributed by atoms with Gasteiger partial charge in [-0.2, -0.15) is 12.6 Å². The molecule has 0 saturated heterocycles. The standard InChI is InChI=1S/C8H8N2S/c9-8-5-1-3-7(10-8)4-2-6-11/h1,3,5,11H,6H2,(H2,9,10). The molecule has 2 nitrogen and oxygen atoms in total. The Morgan fingerprint density at radius 2 is 2.36 bits per heavy atom. The summed E-state index contributed by atoms with van der Waals surface area (Å²) in [5.74, 6) is 6.64. The third kappa shape index (κ3) is 2.52. The Balaban J connectivity index is 2.87. The quantitative estimate of drug-likeness (QED) is 0.442. The van der Waals surface area contributed by atoms with Gasteiger partial charge in [-0.1, -0.05) is 12.0 Å². The first-order chi connectivity index (χ1) is 5.33. The Hall–Kier alpha value is -1.14. The molecule has 0 aromatic carbocycles. The van der Waals surface area contributed by atoms with Crippen LogP contribution in [-0.4, -0.2) is 10.7 Å². The molecule has 3 heteroatoms. The molecule has 2 N–H and O–H groups in total. The van der Waals surface area contributed by atoms with Gasteiger partial charge in [0.25, 0.3) is 0 Å². The molecule has 0 amide bonds. The van der Waals surface area contributed by atoms with Gasteiger partial charge in [-0.3, -0.25) is 0 Å². The number of anilines is 1. The molecule has 1 rings (SSSR count). The van der Waals surface area contributed by atoms with Gasteiger partial charge < -0.3 is 5.73 Å². The molecule has 11 heavy (non-hydrogen) atoms. The Kier molecular flexibility index (Phi) is 2.82. The monoisotopic (exact) mass is 164 g/mol. The van der Waals surface area contributed by atoms with E-state index in [-0.39, 0.29) is 0 Å². The van der Waals surface area contributed by atoms with Crippen LogP contribution in [0.1, 0.15) is 5.69 Å². The van der Waals surface area contributed by atoms with E-state index in [0.29, 0.717) is 17.3 Å². The van der Waals surface area contributed by atoms with Crippen molar-refractivity contribution in [1.82, 2.24) is 4.98 Å². The summed E-state index contributed by atoms with van der Waals surface area (Å²) in [6, 6.07) is 5.36. The fourth-order valence-corrected chi connectivity index (χ4v) is 0.730. The molecule has 0 saturated carbocycles. The van der Waals surface area contributed by atoms with Gasteiger partial charge in [-0.15, -0.1) is 0 Å². The Morgan fingerprint density at radius 1 is 1.55 bits per heavy atom. The molecule has 1 aromatic rings. The minimum absolute atomic E-state index is 0.496. The molecule has 0 aliphatic rings. The molecule has 0 spiro atoms. The van der Waals surface area contributed by atoms with Gasteiger partial charge in [0.1, 0.15) is 11.5 Å². The molecule has 56 valence electrons. The number of nitrogens with zero attached hydrogens (tertiary/aromatic N) is 1. The zero-order valence-electron chi connectivity index (χ0n) is 5.91. The van der Waals surface area contributed by atoms with Crippen molar-refractivity contribution in [1.29, 1.82) is 0 Å². The van der Waals surface area contributed by atoms with E-state index in [2.05, 4.69) is 29.5 Å². The third-order valence-corrected chi connectivity index (χ3v) is 1.22. The van der Waals surface area contributed by atoms with E-state index in [1.165, 1.54) is 0 Å². The molecule has 0 fully saturated rings. The van der Waals surface area contributed by atoms with Crippen molar-refractivity contribution in [3.63, 3.8) is 0 Å². The number of nitrogen functional groups attached to an aromatic ring is 1. The number of aromatic nitrogens is 1. The van der Waals surface area contributed by atoms with Gasteiger partial charge in [0.2, 0.25) is 0 Å². The lowest BCUT2D eigenvalue weighted by atomic mass is 10.3. The van der Waals surface area contributed by atoms with Gasteiger partial charge >= 0.3 is 0 Å². The smallest absolute Gasteiger partial charge is 0.124 e. The maximum Gasteiger partial charge on any atom is 0.124 e. The lowest BCUT2D eigenvalue weighted by molar-refractivity contribution is 1.30. The first-order valence-corrected chi connectivity index (χ1v) is 3.78. The van der Waals surface area contributed by atoms with E-state index in [1.54, 1.807) is 6.07 Å². The largest absolute Gasteiger partial charge is 0.384 e. The summed E-state index contributed by atoms with van der Waals surface area (Å²) in [5, 5.41) is 0. The summed E-state index contributed by atoms with van der Waals surface area (Å²) in [4.78, 5) is 3.98. The molecule has 0 atom stereocenters. The van der Waals surface area contributed by atoms with Gasteiger partial charge in [0.05, 0.1) is 5.75 Å². The van der Waals surface area contributed by atoms with Gasteiger partial charge in [0, 0.05) is 0 Å². The zero-order valence-corrected chi connectivity index (χ0v) is 6.81. The predicted molar refractivity (Wildman–Crippen MR) is 49.4 cm³/mol. The normalized spacial score (nSPS) is 8.45. The Bertz CT molecular complexity index is 298. The van der Waals surface area contributed by atoms with Crippen LogP contribution >= 0.6 is 12.6 Å². The minimum atomic E-state index is 0.496. The lowest BCUT2D eigenvalue weighted by Crippen LogP contribution is -1.90. The van der Waals surface area contributed by atoms with E-state index < -0.39 is 0 Å². The second-order valence-electron chi connectivity index (χ2n) is 1.91. The van der Waals surface area contributed by atoms with Crippen LogP contribution < -0.4 is 5.73 Å². The number of nitrogens with two attached hydrogens (primary N) is 1. The molecule has 0 radical (unpaired) electrons. The second-order valence-corrected chi connectivity index (χ2v) is 2.22. The van der Waals surface area contributed by atoms with Gasteiger partial charge in [-0.05, 0) is 18.1 Å². The zero-order chi connectivity index (χ0) is 8.10. The third-order valence-electron chi connectivity index (χ3n) is 1.07. The molecule has 0 bridgehead atoms. The maximum atomic E-state index is 5.43. The molecule has 1 heterocycles. The van der Waals surface area contributed by atoms with E-state index in [0.717, 1.165) is 0 Å². The van der Waals surface area contributed by atoms with Crippen molar-refractivity contribution < 1.29 is 0 Å². The summed E-state index contributed by atoms with van der Waals surface area (Å²) in [6.07, 6.45) is 0. The van der Waals surface area contributed by atoms with Crippen molar-refractivity contribution in [2.24, 2.45) is 0 Å². The fourth-order valence-electron chi connectivity index (χ4n) is 0.651. The van der Waals surface area contributed by atoms with E-state index in [1.807, 2.05) is 12.1 Å². The van der Waals surface area contributed by atoms with Crippen LogP contribution in [0.4, 0.5) is 5.82 Å². The molecular formula is C8H8N2S. The first-order valence-electron chi connectivity index (χ1n) is 3.15. The first kappa shape index (κ1) is 7.96. The Morgan fingerprint density at radius 3 is 3.00 bits per heavy atom. The van der Waals surface area contributed by atoms with E-state index in [9.17, 15) is 0 Å². The van der Waals surface area contributed by atoms with Crippen LogP contribution in [0, 0.1) is 11.8 Å². The molecule has 0 aliphatic heterocycles. The molecular weight excluding hydrogens is 156 g/mol. The number of rotatable bonds is 0. The molecule has 0 aliphatic carbocycles. The van der Waals surface area contributed by atoms with Crippen molar-refractivity contribution in [2.75, 3.05) is 11.5 Å². The SMILES string of the molecule is Nc1cccc(C#CCS)n1. The van der Waals surface area contributed by atoms with Crippen LogP contribution in [0.15, 0.2) is 18.2 Å². The van der Waals surface area contributed by atoms with Crippen LogP contribution in [0.2, 0.25) is 0 Å². The van der Waals surface area contributed by atoms with Crippen molar-refractivity contribution in [2.45, 2.75) is 0 Å². The average Bonchev–Trinajstić information content (AvgIpc) is 2.01. The van der Waals surface area contributed by atoms with Crippen LogP contribution in [-0.2, 0) is 0 Å². The highest BCUT2D eigenvalue weighted by atomic mass is 32.1. The summed E-state index contributed by atoms with van der Waals surface area (Å²) in [7, 11) is 0. The van der Waals surface area contributed by atoms with E-state index in [4.69, 9.17) is 5.73 Å². The molecule has 1 aromatic heterocycles. The fraction of sp³-hybridized carbons (Fsp3) is 0.125. The van der Waals surface area contributed by atoms with Gasteiger partial charge in [-0.25, -0.2) is 4.98 Å². The lowest BCUT2D eigenvalue weighted by Gasteiger charge is -1.90. The summed E-state index contributed by atoms with van der Waals surface area (Å²) < 4.78 is 0.